The highest BCUT2D eigenvalue weighted by Gasteiger charge is 2.10. The van der Waals surface area contributed by atoms with Crippen LogP contribution in [0.15, 0.2) is 16.6 Å². The molecule has 2 rings (SSSR count). The lowest BCUT2D eigenvalue weighted by molar-refractivity contribution is 0.475. The van der Waals surface area contributed by atoms with Gasteiger partial charge in [0.25, 0.3) is 5.19 Å². The van der Waals surface area contributed by atoms with Crippen molar-refractivity contribution in [2.24, 2.45) is 0 Å². The SMILES string of the molecule is Cc1cc(Oc2nc(C(C)C)ns2)cc(C)c1Br. The normalized spacial score (nSPS) is 11.0. The van der Waals surface area contributed by atoms with Crippen molar-refractivity contribution in [3.8, 4) is 10.9 Å². The summed E-state index contributed by atoms with van der Waals surface area (Å²) < 4.78 is 11.1. The first-order valence-electron chi connectivity index (χ1n) is 5.75. The molecule has 1 heterocycles. The Balaban J connectivity index is 2.23. The lowest BCUT2D eigenvalue weighted by atomic mass is 10.1. The molecule has 0 amide bonds. The third kappa shape index (κ3) is 2.90. The predicted molar refractivity (Wildman–Crippen MR) is 77.7 cm³/mol. The molecule has 1 aromatic heterocycles. The summed E-state index contributed by atoms with van der Waals surface area (Å²) in [5.74, 6) is 1.97. The van der Waals surface area contributed by atoms with Gasteiger partial charge in [-0.25, -0.2) is 0 Å². The lowest BCUT2D eigenvalue weighted by Gasteiger charge is -2.07. The van der Waals surface area contributed by atoms with Crippen LogP contribution in [-0.2, 0) is 0 Å². The molecule has 1 aromatic carbocycles. The van der Waals surface area contributed by atoms with Crippen LogP contribution in [0.2, 0.25) is 0 Å². The summed E-state index contributed by atoms with van der Waals surface area (Å²) in [6, 6.07) is 3.99. The van der Waals surface area contributed by atoms with Crippen LogP contribution in [0.1, 0.15) is 36.7 Å². The quantitative estimate of drug-likeness (QED) is 0.810. The van der Waals surface area contributed by atoms with Crippen LogP contribution in [0.3, 0.4) is 0 Å². The minimum atomic E-state index is 0.326. The van der Waals surface area contributed by atoms with Crippen LogP contribution in [0.25, 0.3) is 0 Å². The monoisotopic (exact) mass is 326 g/mol. The molecule has 5 heteroatoms. The number of benzene rings is 1. The van der Waals surface area contributed by atoms with Gasteiger partial charge in [0.15, 0.2) is 0 Å². The molecule has 0 N–H and O–H groups in total. The van der Waals surface area contributed by atoms with E-state index in [4.69, 9.17) is 4.74 Å². The van der Waals surface area contributed by atoms with E-state index in [9.17, 15) is 0 Å². The fourth-order valence-corrected chi connectivity index (χ4v) is 2.48. The van der Waals surface area contributed by atoms with Crippen LogP contribution in [-0.4, -0.2) is 9.36 Å². The van der Waals surface area contributed by atoms with Crippen molar-refractivity contribution in [2.75, 3.05) is 0 Å². The van der Waals surface area contributed by atoms with Crippen LogP contribution in [0.4, 0.5) is 0 Å². The van der Waals surface area contributed by atoms with E-state index in [2.05, 4.69) is 39.1 Å². The fraction of sp³-hybridized carbons (Fsp3) is 0.385. The molecule has 3 nitrogen and oxygen atoms in total. The Morgan fingerprint density at radius 3 is 2.33 bits per heavy atom. The number of rotatable bonds is 3. The van der Waals surface area contributed by atoms with Gasteiger partial charge >= 0.3 is 0 Å². The predicted octanol–water partition coefficient (Wildman–Crippen LogP) is 4.83. The number of aryl methyl sites for hydroxylation is 2. The summed E-state index contributed by atoms with van der Waals surface area (Å²) in [6.07, 6.45) is 0. The van der Waals surface area contributed by atoms with Crippen LogP contribution in [0.5, 0.6) is 10.9 Å². The molecular weight excluding hydrogens is 312 g/mol. The van der Waals surface area contributed by atoms with Gasteiger partial charge < -0.3 is 4.74 Å². The smallest absolute Gasteiger partial charge is 0.298 e. The van der Waals surface area contributed by atoms with Crippen LogP contribution >= 0.6 is 27.5 Å². The molecule has 0 aliphatic carbocycles. The molecule has 0 aliphatic heterocycles. The topological polar surface area (TPSA) is 35.0 Å². The number of halogens is 1. The first-order chi connectivity index (χ1) is 8.47. The van der Waals surface area contributed by atoms with Crippen LogP contribution in [0, 0.1) is 13.8 Å². The van der Waals surface area contributed by atoms with E-state index in [0.717, 1.165) is 27.2 Å². The van der Waals surface area contributed by atoms with Gasteiger partial charge in [0.05, 0.1) is 0 Å². The highest BCUT2D eigenvalue weighted by atomic mass is 79.9. The van der Waals surface area contributed by atoms with E-state index in [1.54, 1.807) is 0 Å². The third-order valence-electron chi connectivity index (χ3n) is 2.55. The van der Waals surface area contributed by atoms with Gasteiger partial charge in [0.2, 0.25) is 0 Å². The van der Waals surface area contributed by atoms with Gasteiger partial charge in [0, 0.05) is 21.9 Å². The molecule has 2 aromatic rings. The first kappa shape index (κ1) is 13.5. The third-order valence-corrected chi connectivity index (χ3v) is 4.41. The number of nitrogens with zero attached hydrogens (tertiary/aromatic N) is 2. The number of aromatic nitrogens is 2. The maximum Gasteiger partial charge on any atom is 0.298 e. The van der Waals surface area contributed by atoms with E-state index >= 15 is 0 Å². The van der Waals surface area contributed by atoms with Crippen molar-refractivity contribution in [2.45, 2.75) is 33.6 Å². The zero-order chi connectivity index (χ0) is 13.3. The van der Waals surface area contributed by atoms with Gasteiger partial charge in [0.1, 0.15) is 11.6 Å². The van der Waals surface area contributed by atoms with Gasteiger partial charge in [-0.2, -0.15) is 9.36 Å². The molecule has 0 radical (unpaired) electrons. The van der Waals surface area contributed by atoms with Crippen molar-refractivity contribution in [3.05, 3.63) is 33.6 Å². The molecule has 96 valence electrons. The molecule has 0 bridgehead atoms. The van der Waals surface area contributed by atoms with Crippen molar-refractivity contribution in [1.82, 2.24) is 9.36 Å². The Kier molecular flexibility index (Phi) is 4.02. The Morgan fingerprint density at radius 1 is 1.22 bits per heavy atom. The minimum absolute atomic E-state index is 0.326. The van der Waals surface area contributed by atoms with E-state index in [-0.39, 0.29) is 0 Å². The van der Waals surface area contributed by atoms with E-state index < -0.39 is 0 Å². The Labute approximate surface area is 120 Å². The van der Waals surface area contributed by atoms with Crippen molar-refractivity contribution in [3.63, 3.8) is 0 Å². The first-order valence-corrected chi connectivity index (χ1v) is 7.32. The van der Waals surface area contributed by atoms with Gasteiger partial charge in [-0.3, -0.25) is 0 Å². The molecule has 0 atom stereocenters. The highest BCUT2D eigenvalue weighted by molar-refractivity contribution is 9.10. The summed E-state index contributed by atoms with van der Waals surface area (Å²) >= 11 is 4.83. The molecule has 0 spiro atoms. The van der Waals surface area contributed by atoms with Crippen molar-refractivity contribution >= 4 is 27.5 Å². The average Bonchev–Trinajstić information content (AvgIpc) is 2.74. The summed E-state index contributed by atoms with van der Waals surface area (Å²) in [5.41, 5.74) is 2.30. The minimum Gasteiger partial charge on any atom is -0.430 e. The lowest BCUT2D eigenvalue weighted by Crippen LogP contribution is -1.91. The second-order valence-corrected chi connectivity index (χ2v) is 6.05. The number of hydrogen-bond donors (Lipinski definition) is 0. The molecule has 0 unspecified atom stereocenters. The zero-order valence-corrected chi connectivity index (χ0v) is 13.2. The van der Waals surface area contributed by atoms with E-state index in [1.807, 2.05) is 26.0 Å². The largest absolute Gasteiger partial charge is 0.430 e. The number of ether oxygens (including phenoxy) is 1. The average molecular weight is 327 g/mol. The molecule has 18 heavy (non-hydrogen) atoms. The molecule has 0 aliphatic rings. The van der Waals surface area contributed by atoms with Gasteiger partial charge in [-0.1, -0.05) is 29.8 Å². The van der Waals surface area contributed by atoms with Crippen LogP contribution < -0.4 is 4.74 Å². The molecule has 0 saturated carbocycles. The molecular formula is C13H15BrN2OS. The maximum atomic E-state index is 5.75. The summed E-state index contributed by atoms with van der Waals surface area (Å²) in [7, 11) is 0. The Bertz CT molecular complexity index is 543. The number of hydrogen-bond acceptors (Lipinski definition) is 4. The van der Waals surface area contributed by atoms with E-state index in [1.165, 1.54) is 11.5 Å². The summed E-state index contributed by atoms with van der Waals surface area (Å²) in [6.45, 7) is 8.23. The van der Waals surface area contributed by atoms with Crippen molar-refractivity contribution in [1.29, 1.82) is 0 Å². The maximum absolute atomic E-state index is 5.75. The highest BCUT2D eigenvalue weighted by Crippen LogP contribution is 2.30. The van der Waals surface area contributed by atoms with Gasteiger partial charge in [-0.15, -0.1) is 0 Å². The standard InChI is InChI=1S/C13H15BrN2OS/c1-7(2)12-15-13(18-16-12)17-10-5-8(3)11(14)9(4)6-10/h5-7H,1-4H3. The molecule has 0 saturated heterocycles. The van der Waals surface area contributed by atoms with Crippen molar-refractivity contribution < 1.29 is 4.74 Å². The Hall–Kier alpha value is -0.940. The second-order valence-electron chi connectivity index (χ2n) is 4.55. The van der Waals surface area contributed by atoms with Gasteiger partial charge in [-0.05, 0) is 37.1 Å². The summed E-state index contributed by atoms with van der Waals surface area (Å²) in [5, 5.41) is 0.597. The Morgan fingerprint density at radius 2 is 1.83 bits per heavy atom. The summed E-state index contributed by atoms with van der Waals surface area (Å²) in [4.78, 5) is 4.36. The molecule has 0 fully saturated rings. The zero-order valence-electron chi connectivity index (χ0n) is 10.8. The van der Waals surface area contributed by atoms with E-state index in [0.29, 0.717) is 11.1 Å². The fourth-order valence-electron chi connectivity index (χ4n) is 1.56. The second kappa shape index (κ2) is 5.36.